The molecule has 9 heteroatoms. The molecule has 0 fully saturated rings. The van der Waals surface area contributed by atoms with Gasteiger partial charge >= 0.3 is 0 Å². The van der Waals surface area contributed by atoms with E-state index in [1.807, 2.05) is 42.5 Å². The highest BCUT2D eigenvalue weighted by Crippen LogP contribution is 2.57. The van der Waals surface area contributed by atoms with Crippen molar-refractivity contribution < 1.29 is 4.84 Å². The molecule has 210 valence electrons. The first kappa shape index (κ1) is 26.0. The fraction of sp³-hybridized carbons (Fsp3) is 0.118. The van der Waals surface area contributed by atoms with Gasteiger partial charge in [-0.25, -0.2) is 14.6 Å². The van der Waals surface area contributed by atoms with E-state index in [1.165, 1.54) is 11.9 Å². The van der Waals surface area contributed by atoms with Crippen LogP contribution in [0, 0.1) is 6.92 Å². The Morgan fingerprint density at radius 1 is 0.930 bits per heavy atom. The lowest BCUT2D eigenvalue weighted by atomic mass is 9.91. The maximum atomic E-state index is 6.67. The molecule has 6 aromatic rings. The van der Waals surface area contributed by atoms with Crippen LogP contribution in [-0.2, 0) is 10.6 Å². The minimum atomic E-state index is -0.957. The van der Waals surface area contributed by atoms with E-state index in [9.17, 15) is 0 Å². The van der Waals surface area contributed by atoms with Crippen LogP contribution in [0.25, 0.3) is 16.7 Å². The molecule has 0 saturated carbocycles. The number of anilines is 1. The van der Waals surface area contributed by atoms with Gasteiger partial charge in [0.1, 0.15) is 12.7 Å². The summed E-state index contributed by atoms with van der Waals surface area (Å²) in [5.74, 6) is 1.50. The highest BCUT2D eigenvalue weighted by atomic mass is 35.5. The third-order valence-corrected chi connectivity index (χ3v) is 9.54. The lowest BCUT2D eigenvalue weighted by Gasteiger charge is -2.38. The lowest BCUT2D eigenvalue weighted by Crippen LogP contribution is -2.47. The van der Waals surface area contributed by atoms with Gasteiger partial charge in [0.05, 0.1) is 11.2 Å². The fourth-order valence-corrected chi connectivity index (χ4v) is 7.47. The number of amidine groups is 1. The van der Waals surface area contributed by atoms with Crippen molar-refractivity contribution >= 4 is 45.8 Å². The fourth-order valence-electron chi connectivity index (χ4n) is 5.99. The predicted octanol–water partition coefficient (Wildman–Crippen LogP) is 8.07. The summed E-state index contributed by atoms with van der Waals surface area (Å²) in [6.07, 6.45) is 3.80. The molecule has 8 rings (SSSR count). The van der Waals surface area contributed by atoms with Crippen LogP contribution in [0.4, 0.5) is 5.69 Å². The summed E-state index contributed by atoms with van der Waals surface area (Å²) in [4.78, 5) is 19.4. The van der Waals surface area contributed by atoms with Crippen LogP contribution < -0.4 is 4.90 Å². The van der Waals surface area contributed by atoms with E-state index in [0.29, 0.717) is 11.4 Å². The first-order valence-electron chi connectivity index (χ1n) is 14.0. The van der Waals surface area contributed by atoms with Gasteiger partial charge in [-0.2, -0.15) is 5.10 Å². The molecule has 2 aliphatic rings. The van der Waals surface area contributed by atoms with Crippen molar-refractivity contribution in [3.05, 3.63) is 143 Å². The Kier molecular flexibility index (Phi) is 6.20. The normalized spacial score (nSPS) is 19.3. The summed E-state index contributed by atoms with van der Waals surface area (Å²) in [6.45, 7) is 2.10. The predicted molar refractivity (Wildman–Crippen MR) is 171 cm³/mol. The van der Waals surface area contributed by atoms with Gasteiger partial charge in [0.15, 0.2) is 11.7 Å². The number of benzene rings is 4. The SMILES string of the molecule is Cc1ccc2nc(-n3cncn3)c(C3CC4(c5ccc(Cl)cc5)ON=C(c5ccccc5)N4c4ccccc4S3)cc2c1. The van der Waals surface area contributed by atoms with Gasteiger partial charge in [-0.1, -0.05) is 83.0 Å². The first-order valence-corrected chi connectivity index (χ1v) is 15.2. The molecule has 0 aliphatic carbocycles. The van der Waals surface area contributed by atoms with Gasteiger partial charge < -0.3 is 4.84 Å². The number of halogens is 1. The van der Waals surface area contributed by atoms with E-state index in [1.54, 1.807) is 22.8 Å². The zero-order valence-electron chi connectivity index (χ0n) is 23.1. The molecule has 2 aliphatic heterocycles. The quantitative estimate of drug-likeness (QED) is 0.204. The standard InChI is InChI=1S/C34H25ClN6OS/c1-22-11-16-28-24(17-22)18-27(33(38-28)40-21-36-20-37-40)31-19-34(25-12-14-26(35)15-13-25)41(29-9-5-6-10-30(29)43-31)32(39-42-34)23-7-3-2-4-8-23/h2-18,20-21,31H,19H2,1H3. The highest BCUT2D eigenvalue weighted by Gasteiger charge is 2.53. The Morgan fingerprint density at radius 2 is 1.74 bits per heavy atom. The van der Waals surface area contributed by atoms with Crippen LogP contribution in [0.2, 0.25) is 5.02 Å². The second-order valence-corrected chi connectivity index (χ2v) is 12.4. The molecule has 2 aromatic heterocycles. The molecule has 0 radical (unpaired) electrons. The molecule has 4 aromatic carbocycles. The number of para-hydroxylation sites is 1. The van der Waals surface area contributed by atoms with Crippen molar-refractivity contribution in [2.45, 2.75) is 29.2 Å². The number of rotatable bonds is 4. The van der Waals surface area contributed by atoms with Crippen molar-refractivity contribution in [1.82, 2.24) is 19.7 Å². The lowest BCUT2D eigenvalue weighted by molar-refractivity contribution is -0.0283. The third-order valence-electron chi connectivity index (χ3n) is 7.98. The summed E-state index contributed by atoms with van der Waals surface area (Å²) in [5.41, 5.74) is 5.12. The molecule has 0 N–H and O–H groups in total. The number of hydrogen-bond acceptors (Lipinski definition) is 7. The van der Waals surface area contributed by atoms with Gasteiger partial charge in [0.25, 0.3) is 0 Å². The Bertz CT molecular complexity index is 2000. The molecule has 2 unspecified atom stereocenters. The van der Waals surface area contributed by atoms with Crippen molar-refractivity contribution in [2.75, 3.05) is 4.90 Å². The van der Waals surface area contributed by atoms with Crippen LogP contribution in [0.15, 0.2) is 126 Å². The van der Waals surface area contributed by atoms with Crippen molar-refractivity contribution in [1.29, 1.82) is 0 Å². The van der Waals surface area contributed by atoms with Crippen LogP contribution in [-0.4, -0.2) is 25.6 Å². The van der Waals surface area contributed by atoms with E-state index in [4.69, 9.17) is 26.6 Å². The maximum absolute atomic E-state index is 6.67. The van der Waals surface area contributed by atoms with E-state index in [2.05, 4.69) is 82.6 Å². The van der Waals surface area contributed by atoms with E-state index in [-0.39, 0.29) is 5.25 Å². The zero-order chi connectivity index (χ0) is 29.0. The number of aromatic nitrogens is 4. The average molecular weight is 601 g/mol. The summed E-state index contributed by atoms with van der Waals surface area (Å²) in [5, 5.41) is 10.9. The molecule has 0 amide bonds. The average Bonchev–Trinajstić information content (AvgIpc) is 3.68. The third kappa shape index (κ3) is 4.37. The number of nitrogens with zero attached hydrogens (tertiary/aromatic N) is 6. The monoisotopic (exact) mass is 600 g/mol. The molecule has 0 bridgehead atoms. The Balaban J connectivity index is 1.38. The number of pyridine rings is 1. The maximum Gasteiger partial charge on any atom is 0.242 e. The Labute approximate surface area is 257 Å². The largest absolute Gasteiger partial charge is 0.360 e. The zero-order valence-corrected chi connectivity index (χ0v) is 24.7. The second-order valence-electron chi connectivity index (χ2n) is 10.7. The van der Waals surface area contributed by atoms with Crippen molar-refractivity contribution in [3.8, 4) is 5.82 Å². The van der Waals surface area contributed by atoms with Crippen molar-refractivity contribution in [2.24, 2.45) is 5.16 Å². The summed E-state index contributed by atoms with van der Waals surface area (Å²) in [7, 11) is 0. The van der Waals surface area contributed by atoms with Crippen molar-refractivity contribution in [3.63, 3.8) is 0 Å². The summed E-state index contributed by atoms with van der Waals surface area (Å²) >= 11 is 8.19. The molecular formula is C34H25ClN6OS. The number of hydrogen-bond donors (Lipinski definition) is 0. The minimum absolute atomic E-state index is 0.0937. The number of oxime groups is 1. The van der Waals surface area contributed by atoms with Gasteiger partial charge in [0.2, 0.25) is 5.72 Å². The molecule has 0 saturated heterocycles. The number of aryl methyl sites for hydroxylation is 1. The molecule has 0 spiro atoms. The molecule has 43 heavy (non-hydrogen) atoms. The van der Waals surface area contributed by atoms with E-state index < -0.39 is 5.72 Å². The van der Waals surface area contributed by atoms with Gasteiger partial charge in [-0.3, -0.25) is 4.90 Å². The first-order chi connectivity index (χ1) is 21.1. The van der Waals surface area contributed by atoms with E-state index in [0.717, 1.165) is 49.8 Å². The van der Waals surface area contributed by atoms with Gasteiger partial charge in [-0.05, 0) is 49.4 Å². The van der Waals surface area contributed by atoms with Crippen LogP contribution in [0.5, 0.6) is 0 Å². The number of fused-ring (bicyclic) bond motifs is 4. The smallest absolute Gasteiger partial charge is 0.242 e. The highest BCUT2D eigenvalue weighted by molar-refractivity contribution is 7.99. The summed E-state index contributed by atoms with van der Waals surface area (Å²) in [6, 6.07) is 35.1. The number of thioether (sulfide) groups is 1. The van der Waals surface area contributed by atoms with Gasteiger partial charge in [0, 0.05) is 43.7 Å². The van der Waals surface area contributed by atoms with Crippen LogP contribution >= 0.6 is 23.4 Å². The topological polar surface area (TPSA) is 68.4 Å². The Hall–Kier alpha value is -4.66. The van der Waals surface area contributed by atoms with Crippen LogP contribution in [0.3, 0.4) is 0 Å². The molecule has 7 nitrogen and oxygen atoms in total. The Morgan fingerprint density at radius 3 is 2.56 bits per heavy atom. The second kappa shape index (κ2) is 10.3. The van der Waals surface area contributed by atoms with Crippen LogP contribution in [0.1, 0.15) is 33.9 Å². The van der Waals surface area contributed by atoms with Gasteiger partial charge in [-0.15, -0.1) is 11.8 Å². The van der Waals surface area contributed by atoms with E-state index >= 15 is 0 Å². The molecular weight excluding hydrogens is 576 g/mol. The summed E-state index contributed by atoms with van der Waals surface area (Å²) < 4.78 is 1.75. The molecule has 4 heterocycles. The molecule has 2 atom stereocenters. The minimum Gasteiger partial charge on any atom is -0.360 e.